The van der Waals surface area contributed by atoms with E-state index in [0.29, 0.717) is 16.5 Å². The summed E-state index contributed by atoms with van der Waals surface area (Å²) in [6.07, 6.45) is 0.324. The average Bonchev–Trinajstić information content (AvgIpc) is 2.13. The molecule has 1 aromatic rings. The van der Waals surface area contributed by atoms with Crippen LogP contribution in [0.15, 0.2) is 22.7 Å². The number of carboxylic acids is 2. The maximum atomic E-state index is 10.7. The number of aliphatic carboxylic acids is 1. The highest BCUT2D eigenvalue weighted by Gasteiger charge is 2.07. The standard InChI is InChI=1S/C10H9BrO4/c11-8-4-6(1-2-9(12)13)3-7(5-8)10(14)15/h3-5H,1-2H2,(H,12,13)(H,14,15). The molecule has 0 atom stereocenters. The average molecular weight is 273 g/mol. The fourth-order valence-corrected chi connectivity index (χ4v) is 1.71. The maximum Gasteiger partial charge on any atom is 0.335 e. The van der Waals surface area contributed by atoms with Gasteiger partial charge in [0.15, 0.2) is 0 Å². The molecule has 0 aliphatic heterocycles. The molecule has 5 heteroatoms. The highest BCUT2D eigenvalue weighted by Crippen LogP contribution is 2.17. The second kappa shape index (κ2) is 4.93. The van der Waals surface area contributed by atoms with E-state index in [9.17, 15) is 9.59 Å². The van der Waals surface area contributed by atoms with E-state index in [-0.39, 0.29) is 12.0 Å². The van der Waals surface area contributed by atoms with E-state index in [1.54, 1.807) is 6.07 Å². The van der Waals surface area contributed by atoms with Gasteiger partial charge in [-0.05, 0) is 30.2 Å². The summed E-state index contributed by atoms with van der Waals surface area (Å²) in [5, 5.41) is 17.3. The molecule has 2 N–H and O–H groups in total. The summed E-state index contributed by atoms with van der Waals surface area (Å²) in [7, 11) is 0. The Kier molecular flexibility index (Phi) is 3.85. The fourth-order valence-electron chi connectivity index (χ4n) is 1.17. The van der Waals surface area contributed by atoms with Gasteiger partial charge in [-0.1, -0.05) is 15.9 Å². The first-order valence-electron chi connectivity index (χ1n) is 4.23. The number of benzene rings is 1. The lowest BCUT2D eigenvalue weighted by Gasteiger charge is -2.02. The molecule has 0 fully saturated rings. The van der Waals surface area contributed by atoms with E-state index in [1.165, 1.54) is 12.1 Å². The van der Waals surface area contributed by atoms with Gasteiger partial charge >= 0.3 is 11.9 Å². The van der Waals surface area contributed by atoms with Crippen LogP contribution >= 0.6 is 15.9 Å². The van der Waals surface area contributed by atoms with E-state index in [2.05, 4.69) is 15.9 Å². The number of carboxylic acid groups (broad SMARTS) is 2. The molecule has 0 aromatic heterocycles. The van der Waals surface area contributed by atoms with Crippen LogP contribution in [0.1, 0.15) is 22.3 Å². The maximum absolute atomic E-state index is 10.7. The first-order valence-corrected chi connectivity index (χ1v) is 5.03. The second-order valence-corrected chi connectivity index (χ2v) is 3.96. The van der Waals surface area contributed by atoms with Gasteiger partial charge in [0.05, 0.1) is 5.56 Å². The summed E-state index contributed by atoms with van der Waals surface area (Å²) in [4.78, 5) is 21.1. The number of halogens is 1. The molecule has 0 bridgehead atoms. The Labute approximate surface area is 94.7 Å². The molecule has 0 saturated carbocycles. The van der Waals surface area contributed by atoms with E-state index >= 15 is 0 Å². The first kappa shape index (κ1) is 11.7. The first-order chi connectivity index (χ1) is 6.99. The second-order valence-electron chi connectivity index (χ2n) is 3.05. The predicted octanol–water partition coefficient (Wildman–Crippen LogP) is 2.16. The molecule has 1 rings (SSSR count). The number of aromatic carboxylic acids is 1. The van der Waals surface area contributed by atoms with E-state index < -0.39 is 11.9 Å². The van der Waals surface area contributed by atoms with Crippen molar-refractivity contribution in [3.63, 3.8) is 0 Å². The van der Waals surface area contributed by atoms with Gasteiger partial charge in [0.1, 0.15) is 0 Å². The van der Waals surface area contributed by atoms with Crippen molar-refractivity contribution in [3.05, 3.63) is 33.8 Å². The third-order valence-electron chi connectivity index (χ3n) is 1.83. The minimum Gasteiger partial charge on any atom is -0.481 e. The van der Waals surface area contributed by atoms with E-state index in [1.807, 2.05) is 0 Å². The van der Waals surface area contributed by atoms with Crippen LogP contribution in [0, 0.1) is 0 Å². The van der Waals surface area contributed by atoms with Crippen LogP contribution in [0.2, 0.25) is 0 Å². The van der Waals surface area contributed by atoms with Gasteiger partial charge < -0.3 is 10.2 Å². The molecule has 0 unspecified atom stereocenters. The Hall–Kier alpha value is -1.36. The van der Waals surface area contributed by atoms with Gasteiger partial charge in [-0.25, -0.2) is 4.79 Å². The zero-order valence-electron chi connectivity index (χ0n) is 7.74. The van der Waals surface area contributed by atoms with Crippen molar-refractivity contribution in [2.75, 3.05) is 0 Å². The van der Waals surface area contributed by atoms with Crippen LogP contribution in [0.3, 0.4) is 0 Å². The Morgan fingerprint density at radius 1 is 1.20 bits per heavy atom. The normalized spacial score (nSPS) is 9.93. The van der Waals surface area contributed by atoms with Gasteiger partial charge in [-0.3, -0.25) is 4.79 Å². The summed E-state index contributed by atoms with van der Waals surface area (Å²) >= 11 is 3.18. The minimum atomic E-state index is -1.02. The Bertz CT molecular complexity index is 400. The smallest absolute Gasteiger partial charge is 0.335 e. The highest BCUT2D eigenvalue weighted by atomic mass is 79.9. The lowest BCUT2D eigenvalue weighted by molar-refractivity contribution is -0.136. The van der Waals surface area contributed by atoms with Crippen molar-refractivity contribution >= 4 is 27.9 Å². The van der Waals surface area contributed by atoms with Crippen LogP contribution in [-0.4, -0.2) is 22.2 Å². The monoisotopic (exact) mass is 272 g/mol. The number of carbonyl (C=O) groups is 2. The third kappa shape index (κ3) is 3.71. The predicted molar refractivity (Wildman–Crippen MR) is 57.1 cm³/mol. The molecule has 0 amide bonds. The summed E-state index contributed by atoms with van der Waals surface area (Å²) in [5.74, 6) is -1.92. The number of hydrogen-bond acceptors (Lipinski definition) is 2. The molecular weight excluding hydrogens is 264 g/mol. The van der Waals surface area contributed by atoms with Crippen LogP contribution in [0.4, 0.5) is 0 Å². The van der Waals surface area contributed by atoms with E-state index in [0.717, 1.165) is 0 Å². The fraction of sp³-hybridized carbons (Fsp3) is 0.200. The zero-order valence-corrected chi connectivity index (χ0v) is 9.32. The molecule has 80 valence electrons. The highest BCUT2D eigenvalue weighted by molar-refractivity contribution is 9.10. The number of hydrogen-bond donors (Lipinski definition) is 2. The summed E-state index contributed by atoms with van der Waals surface area (Å²) in [6, 6.07) is 4.68. The van der Waals surface area contributed by atoms with Crippen molar-refractivity contribution in [2.45, 2.75) is 12.8 Å². The lowest BCUT2D eigenvalue weighted by atomic mass is 10.1. The molecule has 0 spiro atoms. The Balaban J connectivity index is 2.88. The third-order valence-corrected chi connectivity index (χ3v) is 2.29. The molecule has 15 heavy (non-hydrogen) atoms. The molecule has 0 aliphatic rings. The van der Waals surface area contributed by atoms with Crippen molar-refractivity contribution in [1.29, 1.82) is 0 Å². The minimum absolute atomic E-state index is 0.00445. The van der Waals surface area contributed by atoms with Crippen LogP contribution in [0.25, 0.3) is 0 Å². The quantitative estimate of drug-likeness (QED) is 0.881. The zero-order chi connectivity index (χ0) is 11.4. The Morgan fingerprint density at radius 3 is 2.40 bits per heavy atom. The van der Waals surface area contributed by atoms with Gasteiger partial charge in [0.2, 0.25) is 0 Å². The largest absolute Gasteiger partial charge is 0.481 e. The van der Waals surface area contributed by atoms with Gasteiger partial charge in [0, 0.05) is 10.9 Å². The SMILES string of the molecule is O=C(O)CCc1cc(Br)cc(C(=O)O)c1. The van der Waals surface area contributed by atoms with Crippen LogP contribution in [-0.2, 0) is 11.2 Å². The summed E-state index contributed by atoms with van der Waals surface area (Å²) < 4.78 is 0.641. The number of rotatable bonds is 4. The molecule has 0 aliphatic carbocycles. The number of aryl methyl sites for hydroxylation is 1. The van der Waals surface area contributed by atoms with Crippen LogP contribution in [0.5, 0.6) is 0 Å². The van der Waals surface area contributed by atoms with Crippen LogP contribution < -0.4 is 0 Å². The molecule has 0 heterocycles. The van der Waals surface area contributed by atoms with Crippen molar-refractivity contribution in [3.8, 4) is 0 Å². The molecule has 4 nitrogen and oxygen atoms in total. The molecule has 0 saturated heterocycles. The summed E-state index contributed by atoms with van der Waals surface area (Å²) in [6.45, 7) is 0. The molecule has 0 radical (unpaired) electrons. The van der Waals surface area contributed by atoms with Crippen molar-refractivity contribution in [2.24, 2.45) is 0 Å². The topological polar surface area (TPSA) is 74.6 Å². The summed E-state index contributed by atoms with van der Waals surface area (Å²) in [5.41, 5.74) is 0.855. The van der Waals surface area contributed by atoms with Gasteiger partial charge in [0.25, 0.3) is 0 Å². The van der Waals surface area contributed by atoms with Gasteiger partial charge in [-0.15, -0.1) is 0 Å². The van der Waals surface area contributed by atoms with Gasteiger partial charge in [-0.2, -0.15) is 0 Å². The lowest BCUT2D eigenvalue weighted by Crippen LogP contribution is -2.01. The Morgan fingerprint density at radius 2 is 1.87 bits per heavy atom. The van der Waals surface area contributed by atoms with E-state index in [4.69, 9.17) is 10.2 Å². The molecule has 1 aromatic carbocycles. The van der Waals surface area contributed by atoms with Crippen molar-refractivity contribution < 1.29 is 19.8 Å². The molecular formula is C10H9BrO4. The van der Waals surface area contributed by atoms with Crippen molar-refractivity contribution in [1.82, 2.24) is 0 Å².